The van der Waals surface area contributed by atoms with E-state index in [1.54, 1.807) is 0 Å². The van der Waals surface area contributed by atoms with Crippen LogP contribution in [-0.2, 0) is 4.74 Å². The molecule has 13 heavy (non-hydrogen) atoms. The Bertz CT molecular complexity index is 109. The van der Waals surface area contributed by atoms with E-state index in [0.29, 0.717) is 18.1 Å². The largest absolute Gasteiger partial charge is 0.394 e. The van der Waals surface area contributed by atoms with Crippen molar-refractivity contribution in [2.45, 2.75) is 45.8 Å². The van der Waals surface area contributed by atoms with Crippen molar-refractivity contribution >= 4 is 0 Å². The van der Waals surface area contributed by atoms with Crippen LogP contribution < -0.4 is 0 Å². The molecule has 0 saturated heterocycles. The van der Waals surface area contributed by atoms with E-state index >= 15 is 0 Å². The van der Waals surface area contributed by atoms with Gasteiger partial charge in [0, 0.05) is 0 Å². The molecule has 1 aliphatic carbocycles. The predicted octanol–water partition coefficient (Wildman–Crippen LogP) is 1.18. The molecule has 1 saturated carbocycles. The van der Waals surface area contributed by atoms with Crippen LogP contribution in [0.1, 0.15) is 33.6 Å². The molecular formula is C10H22O3. The third-order valence-electron chi connectivity index (χ3n) is 1.97. The summed E-state index contributed by atoms with van der Waals surface area (Å²) in [4.78, 5) is 0. The number of aliphatic hydroxyl groups excluding tert-OH is 2. The highest BCUT2D eigenvalue weighted by Crippen LogP contribution is 2.26. The van der Waals surface area contributed by atoms with Gasteiger partial charge in [0.15, 0.2) is 0 Å². The Kier molecular flexibility index (Phi) is 7.23. The zero-order chi connectivity index (χ0) is 10.3. The lowest BCUT2D eigenvalue weighted by atomic mass is 10.1. The molecule has 80 valence electrons. The fourth-order valence-electron chi connectivity index (χ4n) is 0.665. The number of hydrogen-bond donors (Lipinski definition) is 2. The van der Waals surface area contributed by atoms with Crippen molar-refractivity contribution in [1.29, 1.82) is 0 Å². The minimum Gasteiger partial charge on any atom is -0.394 e. The molecule has 0 bridgehead atoms. The summed E-state index contributed by atoms with van der Waals surface area (Å²) in [7, 11) is 0. The monoisotopic (exact) mass is 190 g/mol. The molecule has 0 heterocycles. The van der Waals surface area contributed by atoms with Gasteiger partial charge in [-0.15, -0.1) is 0 Å². The maximum atomic E-state index is 7.62. The van der Waals surface area contributed by atoms with Crippen molar-refractivity contribution in [3.63, 3.8) is 0 Å². The van der Waals surface area contributed by atoms with Crippen LogP contribution >= 0.6 is 0 Å². The molecule has 3 heteroatoms. The Hall–Kier alpha value is -0.120. The normalized spacial score (nSPS) is 18.0. The molecule has 0 aliphatic heterocycles. The van der Waals surface area contributed by atoms with Gasteiger partial charge >= 0.3 is 0 Å². The van der Waals surface area contributed by atoms with Crippen molar-refractivity contribution in [1.82, 2.24) is 0 Å². The van der Waals surface area contributed by atoms with Crippen LogP contribution in [-0.4, -0.2) is 35.6 Å². The molecular weight excluding hydrogens is 168 g/mol. The fourth-order valence-corrected chi connectivity index (χ4v) is 0.665. The highest BCUT2D eigenvalue weighted by molar-refractivity contribution is 4.75. The van der Waals surface area contributed by atoms with Crippen molar-refractivity contribution in [2.75, 3.05) is 13.2 Å². The highest BCUT2D eigenvalue weighted by Gasteiger charge is 2.25. The molecule has 0 aromatic heterocycles. The lowest BCUT2D eigenvalue weighted by Crippen LogP contribution is -2.16. The van der Waals surface area contributed by atoms with Crippen LogP contribution in [0.25, 0.3) is 0 Å². The van der Waals surface area contributed by atoms with Crippen molar-refractivity contribution in [3.8, 4) is 0 Å². The van der Waals surface area contributed by atoms with Crippen LogP contribution in [0.15, 0.2) is 0 Å². The summed E-state index contributed by atoms with van der Waals surface area (Å²) < 4.78 is 5.62. The van der Waals surface area contributed by atoms with Gasteiger partial charge < -0.3 is 14.9 Å². The predicted molar refractivity (Wildman–Crippen MR) is 52.6 cm³/mol. The van der Waals surface area contributed by atoms with E-state index < -0.39 is 0 Å². The summed E-state index contributed by atoms with van der Waals surface area (Å²) in [6.45, 7) is 6.31. The molecule has 1 rings (SSSR count). The van der Waals surface area contributed by atoms with Crippen LogP contribution in [0.5, 0.6) is 0 Å². The van der Waals surface area contributed by atoms with E-state index in [4.69, 9.17) is 14.9 Å². The lowest BCUT2D eigenvalue weighted by Gasteiger charge is -2.15. The van der Waals surface area contributed by atoms with Crippen molar-refractivity contribution in [3.05, 3.63) is 0 Å². The second-order valence-corrected chi connectivity index (χ2v) is 3.73. The van der Waals surface area contributed by atoms with Crippen molar-refractivity contribution in [2.24, 2.45) is 5.92 Å². The number of rotatable bonds is 4. The number of ether oxygens (including phenoxy) is 1. The van der Waals surface area contributed by atoms with Crippen LogP contribution in [0.3, 0.4) is 0 Å². The quantitative estimate of drug-likeness (QED) is 0.700. The van der Waals surface area contributed by atoms with Crippen molar-refractivity contribution < 1.29 is 14.9 Å². The Morgan fingerprint density at radius 3 is 1.85 bits per heavy atom. The molecule has 0 amide bonds. The summed E-state index contributed by atoms with van der Waals surface area (Å²) in [6.07, 6.45) is 3.65. The summed E-state index contributed by atoms with van der Waals surface area (Å²) in [5.74, 6) is 0.672. The molecule has 1 aliphatic rings. The topological polar surface area (TPSA) is 49.7 Å². The van der Waals surface area contributed by atoms with Gasteiger partial charge in [0.25, 0.3) is 0 Å². The van der Waals surface area contributed by atoms with E-state index in [9.17, 15) is 0 Å². The van der Waals surface area contributed by atoms with Gasteiger partial charge in [-0.05, 0) is 25.7 Å². The molecule has 0 radical (unpaired) electrons. The first-order valence-electron chi connectivity index (χ1n) is 4.99. The summed E-state index contributed by atoms with van der Waals surface area (Å²) in [6, 6.07) is 0. The average Bonchev–Trinajstić information content (AvgIpc) is 2.88. The SMILES string of the molecule is CC(C)C(C)OC1CC1.OCCO. The van der Waals surface area contributed by atoms with Gasteiger partial charge in [0.05, 0.1) is 25.4 Å². The molecule has 2 N–H and O–H groups in total. The zero-order valence-corrected chi connectivity index (χ0v) is 8.86. The Morgan fingerprint density at radius 1 is 1.15 bits per heavy atom. The smallest absolute Gasteiger partial charge is 0.0662 e. The molecule has 1 unspecified atom stereocenters. The maximum absolute atomic E-state index is 7.62. The van der Waals surface area contributed by atoms with E-state index in [0.717, 1.165) is 0 Å². The van der Waals surface area contributed by atoms with E-state index in [1.807, 2.05) is 0 Å². The second-order valence-electron chi connectivity index (χ2n) is 3.73. The Labute approximate surface area is 80.7 Å². The third kappa shape index (κ3) is 8.22. The van der Waals surface area contributed by atoms with Gasteiger partial charge in [0.2, 0.25) is 0 Å². The lowest BCUT2D eigenvalue weighted by molar-refractivity contribution is 0.0231. The third-order valence-corrected chi connectivity index (χ3v) is 1.97. The summed E-state index contributed by atoms with van der Waals surface area (Å²) in [5.41, 5.74) is 0. The summed E-state index contributed by atoms with van der Waals surface area (Å²) in [5, 5.41) is 15.2. The highest BCUT2D eigenvalue weighted by atomic mass is 16.5. The first-order chi connectivity index (χ1) is 6.11. The van der Waals surface area contributed by atoms with E-state index in [1.165, 1.54) is 12.8 Å². The summed E-state index contributed by atoms with van der Waals surface area (Å²) >= 11 is 0. The molecule has 0 spiro atoms. The average molecular weight is 190 g/mol. The molecule has 3 nitrogen and oxygen atoms in total. The number of aliphatic hydroxyl groups is 2. The van der Waals surface area contributed by atoms with Gasteiger partial charge in [-0.3, -0.25) is 0 Å². The molecule has 0 aromatic rings. The van der Waals surface area contributed by atoms with E-state index in [2.05, 4.69) is 20.8 Å². The zero-order valence-electron chi connectivity index (χ0n) is 8.86. The van der Waals surface area contributed by atoms with Gasteiger partial charge in [0.1, 0.15) is 0 Å². The standard InChI is InChI=1S/C8H16O.C2H6O2/c1-6(2)7(3)9-8-4-5-8;3-1-2-4/h6-8H,4-5H2,1-3H3;3-4H,1-2H2. The van der Waals surface area contributed by atoms with E-state index in [-0.39, 0.29) is 13.2 Å². The first-order valence-corrected chi connectivity index (χ1v) is 4.99. The van der Waals surface area contributed by atoms with Crippen LogP contribution in [0.4, 0.5) is 0 Å². The second kappa shape index (κ2) is 7.30. The van der Waals surface area contributed by atoms with Gasteiger partial charge in [-0.1, -0.05) is 13.8 Å². The van der Waals surface area contributed by atoms with Gasteiger partial charge in [-0.25, -0.2) is 0 Å². The Balaban J connectivity index is 0.000000310. The first kappa shape index (κ1) is 12.9. The van der Waals surface area contributed by atoms with Crippen LogP contribution in [0, 0.1) is 5.92 Å². The molecule has 0 aromatic carbocycles. The molecule has 1 atom stereocenters. The fraction of sp³-hybridized carbons (Fsp3) is 1.00. The Morgan fingerprint density at radius 2 is 1.62 bits per heavy atom. The maximum Gasteiger partial charge on any atom is 0.0662 e. The van der Waals surface area contributed by atoms with Gasteiger partial charge in [-0.2, -0.15) is 0 Å². The minimum atomic E-state index is -0.125. The van der Waals surface area contributed by atoms with Crippen LogP contribution in [0.2, 0.25) is 0 Å². The molecule has 1 fully saturated rings. The minimum absolute atomic E-state index is 0.125. The number of hydrogen-bond acceptors (Lipinski definition) is 3.